The van der Waals surface area contributed by atoms with Gasteiger partial charge < -0.3 is 14.5 Å². The maximum Gasteiger partial charge on any atom is 0.319 e. The molecule has 9 heteroatoms. The van der Waals surface area contributed by atoms with Crippen LogP contribution in [0.3, 0.4) is 0 Å². The lowest BCUT2D eigenvalue weighted by Gasteiger charge is -2.42. The second-order valence-corrected chi connectivity index (χ2v) is 7.03. The number of carbonyl (C=O) groups is 1. The molecule has 2 aromatic rings. The number of likely N-dealkylation sites (tertiary alicyclic amines) is 1. The molecule has 0 N–H and O–H groups in total. The number of ether oxygens (including phenoxy) is 1. The average molecular weight is 414 g/mol. The third-order valence-corrected chi connectivity index (χ3v) is 4.99. The highest BCUT2D eigenvalue weighted by molar-refractivity contribution is 5.74. The predicted octanol–water partition coefficient (Wildman–Crippen LogP) is 4.43. The van der Waals surface area contributed by atoms with Gasteiger partial charge in [0.1, 0.15) is 5.60 Å². The summed E-state index contributed by atoms with van der Waals surface area (Å²) in [5.74, 6) is -11.7. The number of urea groups is 1. The van der Waals surface area contributed by atoms with Gasteiger partial charge in [-0.25, -0.2) is 18.0 Å². The number of nitrogens with zero attached hydrogens (tertiary/aromatic N) is 2. The monoisotopic (exact) mass is 414 g/mol. The largest absolute Gasteiger partial charge is 0.476 e. The minimum atomic E-state index is -2.24. The van der Waals surface area contributed by atoms with E-state index >= 15 is 0 Å². The lowest BCUT2D eigenvalue weighted by Crippen LogP contribution is -2.50. The van der Waals surface area contributed by atoms with Crippen LogP contribution in [0.4, 0.5) is 26.7 Å². The van der Waals surface area contributed by atoms with E-state index in [0.717, 1.165) is 0 Å². The Bertz CT molecular complexity index is 884. The van der Waals surface area contributed by atoms with Crippen LogP contribution < -0.4 is 4.74 Å². The number of piperidine rings is 1. The van der Waals surface area contributed by atoms with Crippen LogP contribution in [0, 0.1) is 29.1 Å². The molecule has 4 nitrogen and oxygen atoms in total. The maximum atomic E-state index is 14.2. The fourth-order valence-corrected chi connectivity index (χ4v) is 3.40. The molecule has 1 saturated heterocycles. The minimum Gasteiger partial charge on any atom is -0.476 e. The van der Waals surface area contributed by atoms with Gasteiger partial charge in [-0.3, -0.25) is 0 Å². The molecule has 0 aromatic heterocycles. The molecule has 1 aliphatic rings. The first kappa shape index (κ1) is 20.9. The summed E-state index contributed by atoms with van der Waals surface area (Å²) in [6.07, 6.45) is 0.214. The Labute approximate surface area is 164 Å². The van der Waals surface area contributed by atoms with E-state index in [1.165, 1.54) is 9.80 Å². The van der Waals surface area contributed by atoms with Crippen molar-refractivity contribution < 1.29 is 31.5 Å². The molecular formula is C20H19F5N2O2. The van der Waals surface area contributed by atoms with Crippen LogP contribution >= 0.6 is 0 Å². The van der Waals surface area contributed by atoms with Crippen molar-refractivity contribution in [1.82, 2.24) is 9.80 Å². The summed E-state index contributed by atoms with van der Waals surface area (Å²) in [4.78, 5) is 15.1. The van der Waals surface area contributed by atoms with Crippen molar-refractivity contribution in [3.8, 4) is 5.75 Å². The summed E-state index contributed by atoms with van der Waals surface area (Å²) < 4.78 is 74.7. The van der Waals surface area contributed by atoms with Gasteiger partial charge in [-0.15, -0.1) is 0 Å². The van der Waals surface area contributed by atoms with Gasteiger partial charge in [0.15, 0.2) is 5.75 Å². The zero-order valence-corrected chi connectivity index (χ0v) is 15.8. The van der Waals surface area contributed by atoms with Gasteiger partial charge in [-0.05, 0) is 5.56 Å². The van der Waals surface area contributed by atoms with Crippen LogP contribution in [0.2, 0.25) is 0 Å². The van der Waals surface area contributed by atoms with Gasteiger partial charge in [0.2, 0.25) is 29.1 Å². The lowest BCUT2D eigenvalue weighted by atomic mass is 9.84. The highest BCUT2D eigenvalue weighted by Gasteiger charge is 2.42. The third kappa shape index (κ3) is 3.73. The van der Waals surface area contributed by atoms with Crippen molar-refractivity contribution in [2.24, 2.45) is 0 Å². The lowest BCUT2D eigenvalue weighted by molar-refractivity contribution is -0.00287. The number of hydrogen-bond donors (Lipinski definition) is 0. The van der Waals surface area contributed by atoms with Crippen LogP contribution in [0.1, 0.15) is 18.4 Å². The molecule has 3 rings (SSSR count). The van der Waals surface area contributed by atoms with Crippen molar-refractivity contribution in [2.75, 3.05) is 27.2 Å². The van der Waals surface area contributed by atoms with Gasteiger partial charge >= 0.3 is 6.03 Å². The molecule has 0 unspecified atom stereocenters. The van der Waals surface area contributed by atoms with E-state index in [-0.39, 0.29) is 32.0 Å². The van der Waals surface area contributed by atoms with Gasteiger partial charge in [-0.2, -0.15) is 8.78 Å². The molecular weight excluding hydrogens is 395 g/mol. The van der Waals surface area contributed by atoms with Crippen molar-refractivity contribution in [3.05, 3.63) is 65.0 Å². The van der Waals surface area contributed by atoms with E-state index in [4.69, 9.17) is 4.74 Å². The third-order valence-electron chi connectivity index (χ3n) is 4.99. The van der Waals surface area contributed by atoms with E-state index in [9.17, 15) is 26.7 Å². The minimum absolute atomic E-state index is 0.107. The van der Waals surface area contributed by atoms with Crippen LogP contribution in [0.25, 0.3) is 0 Å². The molecule has 2 aromatic carbocycles. The summed E-state index contributed by atoms with van der Waals surface area (Å²) in [7, 11) is 3.18. The predicted molar refractivity (Wildman–Crippen MR) is 94.9 cm³/mol. The van der Waals surface area contributed by atoms with Gasteiger partial charge in [-0.1, -0.05) is 30.3 Å². The van der Waals surface area contributed by atoms with E-state index in [1.54, 1.807) is 44.4 Å². The summed E-state index contributed by atoms with van der Waals surface area (Å²) in [6, 6.07) is 8.13. The molecule has 0 saturated carbocycles. The van der Waals surface area contributed by atoms with Gasteiger partial charge in [0, 0.05) is 40.0 Å². The van der Waals surface area contributed by atoms with Crippen LogP contribution in [0.5, 0.6) is 5.75 Å². The van der Waals surface area contributed by atoms with Crippen molar-refractivity contribution in [1.29, 1.82) is 0 Å². The molecule has 2 amide bonds. The van der Waals surface area contributed by atoms with E-state index < -0.39 is 40.4 Å². The Balaban J connectivity index is 2.01. The highest BCUT2D eigenvalue weighted by atomic mass is 19.2. The Morgan fingerprint density at radius 1 is 0.897 bits per heavy atom. The van der Waals surface area contributed by atoms with Crippen LogP contribution in [-0.4, -0.2) is 43.0 Å². The molecule has 0 spiro atoms. The first-order chi connectivity index (χ1) is 13.7. The molecule has 1 aliphatic heterocycles. The topological polar surface area (TPSA) is 32.8 Å². The first-order valence-electron chi connectivity index (χ1n) is 8.90. The van der Waals surface area contributed by atoms with Crippen molar-refractivity contribution >= 4 is 6.03 Å². The zero-order chi connectivity index (χ0) is 21.3. The Kier molecular flexibility index (Phi) is 5.68. The normalized spacial score (nSPS) is 15.9. The molecule has 0 bridgehead atoms. The molecule has 156 valence electrons. The number of hydrogen-bond acceptors (Lipinski definition) is 2. The molecule has 0 radical (unpaired) electrons. The quantitative estimate of drug-likeness (QED) is 0.423. The molecule has 0 atom stereocenters. The number of rotatable bonds is 3. The number of amides is 2. The Hall–Kier alpha value is -2.84. The summed E-state index contributed by atoms with van der Waals surface area (Å²) in [5, 5.41) is 0. The van der Waals surface area contributed by atoms with Crippen LogP contribution in [-0.2, 0) is 5.60 Å². The van der Waals surface area contributed by atoms with Gasteiger partial charge in [0.05, 0.1) is 0 Å². The summed E-state index contributed by atoms with van der Waals surface area (Å²) >= 11 is 0. The van der Waals surface area contributed by atoms with E-state index in [2.05, 4.69) is 0 Å². The standard InChI is InChI=1S/C20H19F5N2O2/c1-26(2)19(28)27-10-8-20(9-11-27,12-6-4-3-5-7-12)29-18-16(24)14(22)13(21)15(23)17(18)25/h3-7H,8-11H2,1-2H3. The van der Waals surface area contributed by atoms with Gasteiger partial charge in [0.25, 0.3) is 0 Å². The maximum absolute atomic E-state index is 14.2. The fraction of sp³-hybridized carbons (Fsp3) is 0.350. The first-order valence-corrected chi connectivity index (χ1v) is 8.90. The molecule has 29 heavy (non-hydrogen) atoms. The fourth-order valence-electron chi connectivity index (χ4n) is 3.40. The smallest absolute Gasteiger partial charge is 0.319 e. The van der Waals surface area contributed by atoms with E-state index in [1.807, 2.05) is 0 Å². The van der Waals surface area contributed by atoms with Crippen LogP contribution in [0.15, 0.2) is 30.3 Å². The Morgan fingerprint density at radius 2 is 1.38 bits per heavy atom. The van der Waals surface area contributed by atoms with E-state index in [0.29, 0.717) is 5.56 Å². The summed E-state index contributed by atoms with van der Waals surface area (Å²) in [6.45, 7) is 0.364. The summed E-state index contributed by atoms with van der Waals surface area (Å²) in [5.41, 5.74) is -0.844. The molecule has 0 aliphatic carbocycles. The number of halogens is 5. The van der Waals surface area contributed by atoms with Crippen molar-refractivity contribution in [3.63, 3.8) is 0 Å². The van der Waals surface area contributed by atoms with Crippen molar-refractivity contribution in [2.45, 2.75) is 18.4 Å². The highest BCUT2D eigenvalue weighted by Crippen LogP contribution is 2.41. The number of benzene rings is 2. The molecule has 1 fully saturated rings. The average Bonchev–Trinajstić information content (AvgIpc) is 2.74. The second kappa shape index (κ2) is 7.88. The SMILES string of the molecule is CN(C)C(=O)N1CCC(Oc2c(F)c(F)c(F)c(F)c2F)(c2ccccc2)CC1. The molecule has 1 heterocycles. The zero-order valence-electron chi connectivity index (χ0n) is 15.8. The number of carbonyl (C=O) groups excluding carboxylic acids is 1. The second-order valence-electron chi connectivity index (χ2n) is 7.03. The Morgan fingerprint density at radius 3 is 1.86 bits per heavy atom.